The van der Waals surface area contributed by atoms with E-state index >= 15 is 0 Å². The minimum absolute atomic E-state index is 0.279. The molecular weight excluding hydrogens is 377 g/mol. The Hall–Kier alpha value is -2.24. The average molecular weight is 396 g/mol. The zero-order valence-corrected chi connectivity index (χ0v) is 16.1. The Labute approximate surface area is 162 Å². The monoisotopic (exact) mass is 395 g/mol. The van der Waals surface area contributed by atoms with Gasteiger partial charge in [-0.2, -0.15) is 0 Å². The van der Waals surface area contributed by atoms with Crippen LogP contribution in [-0.2, 0) is 14.3 Å². The standard InChI is InChI=1S/C19H19Cl2NO4/c1-12(25-16-10-9-14(20)11-15(16)21)19(24)26-17(18(23)22(2)3)13-7-5-4-6-8-13/h4-12,17H,1-3H3/t12-,17-/m1/s1. The summed E-state index contributed by atoms with van der Waals surface area (Å²) in [4.78, 5) is 26.2. The van der Waals surface area contributed by atoms with Crippen molar-refractivity contribution in [1.82, 2.24) is 4.90 Å². The summed E-state index contributed by atoms with van der Waals surface area (Å²) in [7, 11) is 3.19. The lowest BCUT2D eigenvalue weighted by Gasteiger charge is -2.23. The van der Waals surface area contributed by atoms with Gasteiger partial charge in [-0.1, -0.05) is 53.5 Å². The molecule has 2 rings (SSSR count). The van der Waals surface area contributed by atoms with Crippen LogP contribution in [0.4, 0.5) is 0 Å². The van der Waals surface area contributed by atoms with Gasteiger partial charge in [-0.05, 0) is 25.1 Å². The molecule has 26 heavy (non-hydrogen) atoms. The fourth-order valence-electron chi connectivity index (χ4n) is 2.14. The molecule has 2 aromatic carbocycles. The van der Waals surface area contributed by atoms with Crippen molar-refractivity contribution in [2.75, 3.05) is 14.1 Å². The summed E-state index contributed by atoms with van der Waals surface area (Å²) in [6.07, 6.45) is -2.01. The van der Waals surface area contributed by atoms with E-state index in [1.165, 1.54) is 17.9 Å². The summed E-state index contributed by atoms with van der Waals surface area (Å²) in [6.45, 7) is 1.52. The van der Waals surface area contributed by atoms with Crippen LogP contribution in [0.3, 0.4) is 0 Å². The van der Waals surface area contributed by atoms with Crippen LogP contribution in [0.2, 0.25) is 10.0 Å². The van der Waals surface area contributed by atoms with Crippen molar-refractivity contribution >= 4 is 35.1 Å². The van der Waals surface area contributed by atoms with Gasteiger partial charge < -0.3 is 14.4 Å². The highest BCUT2D eigenvalue weighted by Crippen LogP contribution is 2.29. The number of ether oxygens (including phenoxy) is 2. The van der Waals surface area contributed by atoms with Crippen molar-refractivity contribution in [3.05, 3.63) is 64.1 Å². The Kier molecular flexibility index (Phi) is 6.89. The molecule has 138 valence electrons. The summed E-state index contributed by atoms with van der Waals surface area (Å²) in [5, 5.41) is 0.736. The number of hydrogen-bond acceptors (Lipinski definition) is 4. The van der Waals surface area contributed by atoms with Gasteiger partial charge in [0.25, 0.3) is 5.91 Å². The number of benzene rings is 2. The topological polar surface area (TPSA) is 55.8 Å². The Bertz CT molecular complexity index is 780. The molecule has 0 saturated heterocycles. The van der Waals surface area contributed by atoms with Crippen LogP contribution in [0, 0.1) is 0 Å². The van der Waals surface area contributed by atoms with Gasteiger partial charge in [0.1, 0.15) is 5.75 Å². The second kappa shape index (κ2) is 8.92. The number of rotatable bonds is 6. The first-order valence-corrected chi connectivity index (χ1v) is 8.63. The van der Waals surface area contributed by atoms with E-state index in [0.29, 0.717) is 16.3 Å². The molecule has 7 heteroatoms. The first kappa shape index (κ1) is 20.1. The van der Waals surface area contributed by atoms with E-state index in [2.05, 4.69) is 0 Å². The number of hydrogen-bond donors (Lipinski definition) is 0. The number of nitrogens with zero attached hydrogens (tertiary/aromatic N) is 1. The van der Waals surface area contributed by atoms with Crippen molar-refractivity contribution in [3.8, 4) is 5.75 Å². The van der Waals surface area contributed by atoms with Crippen molar-refractivity contribution in [2.24, 2.45) is 0 Å². The molecule has 0 N–H and O–H groups in total. The summed E-state index contributed by atoms with van der Waals surface area (Å²) in [5.74, 6) is -0.725. The highest BCUT2D eigenvalue weighted by Gasteiger charge is 2.29. The lowest BCUT2D eigenvalue weighted by Crippen LogP contribution is -2.35. The molecule has 0 bridgehead atoms. The van der Waals surface area contributed by atoms with Gasteiger partial charge in [0.15, 0.2) is 6.10 Å². The molecule has 0 fully saturated rings. The summed E-state index contributed by atoms with van der Waals surface area (Å²) < 4.78 is 11.0. The Morgan fingerprint density at radius 3 is 2.27 bits per heavy atom. The number of carbonyl (C=O) groups is 2. The molecule has 2 atom stereocenters. The quantitative estimate of drug-likeness (QED) is 0.689. The summed E-state index contributed by atoms with van der Waals surface area (Å²) in [5.41, 5.74) is 0.580. The Morgan fingerprint density at radius 1 is 1.04 bits per heavy atom. The van der Waals surface area contributed by atoms with Crippen molar-refractivity contribution in [2.45, 2.75) is 19.1 Å². The SMILES string of the molecule is C[C@@H](Oc1ccc(Cl)cc1Cl)C(=O)O[C@@H](C(=O)N(C)C)c1ccccc1. The first-order valence-electron chi connectivity index (χ1n) is 7.88. The number of carbonyl (C=O) groups excluding carboxylic acids is 2. The van der Waals surface area contributed by atoms with Crippen molar-refractivity contribution < 1.29 is 19.1 Å². The van der Waals surface area contributed by atoms with Crippen LogP contribution >= 0.6 is 23.2 Å². The van der Waals surface area contributed by atoms with Gasteiger partial charge in [0.05, 0.1) is 5.02 Å². The molecule has 0 aliphatic carbocycles. The third-order valence-electron chi connectivity index (χ3n) is 3.53. The van der Waals surface area contributed by atoms with Gasteiger partial charge in [-0.25, -0.2) is 4.79 Å². The first-order chi connectivity index (χ1) is 12.3. The van der Waals surface area contributed by atoms with E-state index in [9.17, 15) is 9.59 Å². The Morgan fingerprint density at radius 2 is 1.69 bits per heavy atom. The van der Waals surface area contributed by atoms with E-state index in [1.54, 1.807) is 50.5 Å². The predicted octanol–water partition coefficient (Wildman–Crippen LogP) is 4.13. The van der Waals surface area contributed by atoms with Crippen LogP contribution in [0.5, 0.6) is 5.75 Å². The molecule has 0 aliphatic heterocycles. The molecule has 0 aromatic heterocycles. The van der Waals surface area contributed by atoms with Crippen LogP contribution in [0.15, 0.2) is 48.5 Å². The van der Waals surface area contributed by atoms with E-state index in [0.717, 1.165) is 0 Å². The summed E-state index contributed by atoms with van der Waals surface area (Å²) >= 11 is 11.9. The maximum absolute atomic E-state index is 12.4. The van der Waals surface area contributed by atoms with E-state index in [-0.39, 0.29) is 10.9 Å². The van der Waals surface area contributed by atoms with E-state index < -0.39 is 18.2 Å². The van der Waals surface area contributed by atoms with Crippen LogP contribution in [0.25, 0.3) is 0 Å². The Balaban J connectivity index is 2.14. The second-order valence-corrected chi connectivity index (χ2v) is 6.64. The minimum atomic E-state index is -1.05. The van der Waals surface area contributed by atoms with Crippen molar-refractivity contribution in [3.63, 3.8) is 0 Å². The van der Waals surface area contributed by atoms with Gasteiger partial charge in [-0.3, -0.25) is 4.79 Å². The molecule has 1 amide bonds. The number of amides is 1. The maximum atomic E-state index is 12.4. The molecular formula is C19H19Cl2NO4. The second-order valence-electron chi connectivity index (χ2n) is 5.80. The molecule has 5 nitrogen and oxygen atoms in total. The maximum Gasteiger partial charge on any atom is 0.348 e. The highest BCUT2D eigenvalue weighted by molar-refractivity contribution is 6.35. The van der Waals surface area contributed by atoms with E-state index in [4.69, 9.17) is 32.7 Å². The van der Waals surface area contributed by atoms with Crippen molar-refractivity contribution in [1.29, 1.82) is 0 Å². The molecule has 0 spiro atoms. The minimum Gasteiger partial charge on any atom is -0.477 e. The van der Waals surface area contributed by atoms with Crippen LogP contribution in [0.1, 0.15) is 18.6 Å². The highest BCUT2D eigenvalue weighted by atomic mass is 35.5. The van der Waals surface area contributed by atoms with Crippen LogP contribution in [-0.4, -0.2) is 37.0 Å². The molecule has 2 aromatic rings. The van der Waals surface area contributed by atoms with Gasteiger partial charge in [0.2, 0.25) is 6.10 Å². The molecule has 0 radical (unpaired) electrons. The normalized spacial score (nSPS) is 12.8. The van der Waals surface area contributed by atoms with Gasteiger partial charge in [0, 0.05) is 24.7 Å². The molecule has 0 saturated carbocycles. The molecule has 0 heterocycles. The lowest BCUT2D eigenvalue weighted by atomic mass is 10.1. The van der Waals surface area contributed by atoms with E-state index in [1.807, 2.05) is 6.07 Å². The zero-order valence-electron chi connectivity index (χ0n) is 14.6. The third kappa shape index (κ3) is 5.13. The van der Waals surface area contributed by atoms with Gasteiger partial charge in [-0.15, -0.1) is 0 Å². The number of halogens is 2. The zero-order chi connectivity index (χ0) is 19.3. The predicted molar refractivity (Wildman–Crippen MR) is 101 cm³/mol. The number of esters is 1. The fraction of sp³-hybridized carbons (Fsp3) is 0.263. The smallest absolute Gasteiger partial charge is 0.348 e. The largest absolute Gasteiger partial charge is 0.477 e. The molecule has 0 aliphatic rings. The number of likely N-dealkylation sites (N-methyl/N-ethyl adjacent to an activating group) is 1. The molecule has 0 unspecified atom stereocenters. The fourth-order valence-corrected chi connectivity index (χ4v) is 2.60. The third-order valence-corrected chi connectivity index (χ3v) is 4.06. The lowest BCUT2D eigenvalue weighted by molar-refractivity contribution is -0.165. The van der Waals surface area contributed by atoms with Crippen LogP contribution < -0.4 is 4.74 Å². The average Bonchev–Trinajstić information content (AvgIpc) is 2.61. The summed E-state index contributed by atoms with van der Waals surface area (Å²) in [6, 6.07) is 13.5. The van der Waals surface area contributed by atoms with Gasteiger partial charge >= 0.3 is 5.97 Å².